The predicted octanol–water partition coefficient (Wildman–Crippen LogP) is 1.98. The maximum atomic E-state index is 11.8. The standard InChI is InChI=1S/C15H26N2OS/c1-5-8-16-14(18)13-6-9-17(10-7-13)11-12-19-15(2,3)4/h1,13H,6-12H2,2-4H3,(H,16,18). The summed E-state index contributed by atoms with van der Waals surface area (Å²) in [5.41, 5.74) is 0. The van der Waals surface area contributed by atoms with E-state index in [4.69, 9.17) is 6.42 Å². The van der Waals surface area contributed by atoms with Crippen molar-refractivity contribution >= 4 is 17.7 Å². The van der Waals surface area contributed by atoms with E-state index in [1.807, 2.05) is 11.8 Å². The third kappa shape index (κ3) is 6.89. The molecule has 3 nitrogen and oxygen atoms in total. The Bertz CT molecular complexity index is 322. The highest BCUT2D eigenvalue weighted by Gasteiger charge is 2.24. The quantitative estimate of drug-likeness (QED) is 0.783. The summed E-state index contributed by atoms with van der Waals surface area (Å²) in [6.45, 7) is 10.3. The number of nitrogens with one attached hydrogen (secondary N) is 1. The van der Waals surface area contributed by atoms with E-state index in [0.29, 0.717) is 11.3 Å². The molecule has 0 aliphatic carbocycles. The van der Waals surface area contributed by atoms with Crippen LogP contribution in [0.4, 0.5) is 0 Å². The van der Waals surface area contributed by atoms with E-state index in [1.165, 1.54) is 0 Å². The van der Waals surface area contributed by atoms with Crippen molar-refractivity contribution in [3.63, 3.8) is 0 Å². The van der Waals surface area contributed by atoms with Crippen LogP contribution in [0.15, 0.2) is 0 Å². The van der Waals surface area contributed by atoms with Gasteiger partial charge in [0.25, 0.3) is 0 Å². The molecule has 0 unspecified atom stereocenters. The van der Waals surface area contributed by atoms with E-state index in [-0.39, 0.29) is 11.8 Å². The van der Waals surface area contributed by atoms with Gasteiger partial charge in [-0.3, -0.25) is 4.79 Å². The summed E-state index contributed by atoms with van der Waals surface area (Å²) in [6.07, 6.45) is 7.05. The van der Waals surface area contributed by atoms with Crippen LogP contribution in [0.1, 0.15) is 33.6 Å². The van der Waals surface area contributed by atoms with Gasteiger partial charge in [0.1, 0.15) is 0 Å². The normalized spacial score (nSPS) is 18.0. The van der Waals surface area contributed by atoms with Crippen LogP contribution < -0.4 is 5.32 Å². The van der Waals surface area contributed by atoms with E-state index in [0.717, 1.165) is 38.2 Å². The van der Waals surface area contributed by atoms with Crippen LogP contribution in [0.3, 0.4) is 0 Å². The third-order valence-corrected chi connectivity index (χ3v) is 4.52. The molecule has 0 aromatic rings. The second kappa shape index (κ2) is 7.81. The van der Waals surface area contributed by atoms with Crippen LogP contribution in [-0.4, -0.2) is 47.5 Å². The summed E-state index contributed by atoms with van der Waals surface area (Å²) in [4.78, 5) is 14.2. The first-order chi connectivity index (χ1) is 8.92. The average molecular weight is 282 g/mol. The molecule has 4 heteroatoms. The number of likely N-dealkylation sites (tertiary alicyclic amines) is 1. The Morgan fingerprint density at radius 1 is 1.42 bits per heavy atom. The molecular formula is C15H26N2OS. The lowest BCUT2D eigenvalue weighted by Crippen LogP contribution is -2.41. The molecule has 1 saturated heterocycles. The molecule has 1 aliphatic heterocycles. The highest BCUT2D eigenvalue weighted by Crippen LogP contribution is 2.24. The van der Waals surface area contributed by atoms with Gasteiger partial charge < -0.3 is 10.2 Å². The van der Waals surface area contributed by atoms with E-state index in [2.05, 4.69) is 36.9 Å². The number of piperidine rings is 1. The number of carbonyl (C=O) groups is 1. The Morgan fingerprint density at radius 3 is 2.58 bits per heavy atom. The summed E-state index contributed by atoms with van der Waals surface area (Å²) in [5.74, 6) is 3.89. The number of thioether (sulfide) groups is 1. The zero-order chi connectivity index (χ0) is 14.3. The third-order valence-electron chi connectivity index (χ3n) is 3.27. The molecule has 19 heavy (non-hydrogen) atoms. The van der Waals surface area contributed by atoms with Crippen LogP contribution in [0.25, 0.3) is 0 Å². The van der Waals surface area contributed by atoms with Gasteiger partial charge in [-0.1, -0.05) is 26.7 Å². The number of hydrogen-bond acceptors (Lipinski definition) is 3. The lowest BCUT2D eigenvalue weighted by Gasteiger charge is -2.31. The second-order valence-electron chi connectivity index (χ2n) is 6.00. The molecule has 0 spiro atoms. The fourth-order valence-electron chi connectivity index (χ4n) is 2.18. The van der Waals surface area contributed by atoms with Crippen molar-refractivity contribution < 1.29 is 4.79 Å². The first-order valence-electron chi connectivity index (χ1n) is 7.00. The Labute approximate surface area is 121 Å². The Hall–Kier alpha value is -0.660. The van der Waals surface area contributed by atoms with Crippen molar-refractivity contribution in [1.29, 1.82) is 0 Å². The molecule has 108 valence electrons. The summed E-state index contributed by atoms with van der Waals surface area (Å²) in [7, 11) is 0. The maximum Gasteiger partial charge on any atom is 0.223 e. The van der Waals surface area contributed by atoms with Crippen LogP contribution in [0.5, 0.6) is 0 Å². The number of terminal acetylenes is 1. The number of carbonyl (C=O) groups excluding carboxylic acids is 1. The van der Waals surface area contributed by atoms with Crippen LogP contribution in [0, 0.1) is 18.3 Å². The molecule has 0 aromatic heterocycles. The minimum absolute atomic E-state index is 0.127. The Balaban J connectivity index is 2.18. The summed E-state index contributed by atoms with van der Waals surface area (Å²) in [5, 5.41) is 2.78. The first kappa shape index (κ1) is 16.4. The van der Waals surface area contributed by atoms with Crippen molar-refractivity contribution in [1.82, 2.24) is 10.2 Å². The van der Waals surface area contributed by atoms with Gasteiger partial charge in [0.05, 0.1) is 6.54 Å². The highest BCUT2D eigenvalue weighted by atomic mass is 32.2. The Kier molecular flexibility index (Phi) is 6.74. The molecule has 1 N–H and O–H groups in total. The monoisotopic (exact) mass is 282 g/mol. The van der Waals surface area contributed by atoms with Gasteiger partial charge in [0.2, 0.25) is 5.91 Å². The topological polar surface area (TPSA) is 32.3 Å². The van der Waals surface area contributed by atoms with Crippen molar-refractivity contribution in [3.05, 3.63) is 0 Å². The SMILES string of the molecule is C#CCNC(=O)C1CCN(CCSC(C)(C)C)CC1. The number of rotatable bonds is 5. The molecule has 0 aromatic carbocycles. The van der Waals surface area contributed by atoms with Crippen LogP contribution in [-0.2, 0) is 4.79 Å². The number of nitrogens with zero attached hydrogens (tertiary/aromatic N) is 1. The molecule has 1 heterocycles. The average Bonchev–Trinajstić information content (AvgIpc) is 2.35. The van der Waals surface area contributed by atoms with Crippen molar-refractivity contribution in [2.45, 2.75) is 38.4 Å². The van der Waals surface area contributed by atoms with Gasteiger partial charge in [-0.05, 0) is 25.9 Å². The minimum atomic E-state index is 0.127. The highest BCUT2D eigenvalue weighted by molar-refractivity contribution is 8.00. The molecule has 1 rings (SSSR count). The fraction of sp³-hybridized carbons (Fsp3) is 0.800. The van der Waals surface area contributed by atoms with Crippen LogP contribution >= 0.6 is 11.8 Å². The molecule has 0 saturated carbocycles. The van der Waals surface area contributed by atoms with Crippen LogP contribution in [0.2, 0.25) is 0 Å². The second-order valence-corrected chi connectivity index (χ2v) is 7.92. The van der Waals surface area contributed by atoms with Crippen molar-refractivity contribution in [3.8, 4) is 12.3 Å². The van der Waals surface area contributed by atoms with E-state index < -0.39 is 0 Å². The minimum Gasteiger partial charge on any atom is -0.345 e. The molecule has 1 fully saturated rings. The van der Waals surface area contributed by atoms with Crippen molar-refractivity contribution in [2.24, 2.45) is 5.92 Å². The van der Waals surface area contributed by atoms with Gasteiger partial charge in [0.15, 0.2) is 0 Å². The Morgan fingerprint density at radius 2 is 2.05 bits per heavy atom. The first-order valence-corrected chi connectivity index (χ1v) is 7.98. The number of amides is 1. The van der Waals surface area contributed by atoms with Gasteiger partial charge in [0, 0.05) is 23.0 Å². The van der Waals surface area contributed by atoms with Gasteiger partial charge in [-0.25, -0.2) is 0 Å². The summed E-state index contributed by atoms with van der Waals surface area (Å²) in [6, 6.07) is 0. The van der Waals surface area contributed by atoms with E-state index in [1.54, 1.807) is 0 Å². The molecule has 1 amide bonds. The van der Waals surface area contributed by atoms with E-state index >= 15 is 0 Å². The molecular weight excluding hydrogens is 256 g/mol. The summed E-state index contributed by atoms with van der Waals surface area (Å²) >= 11 is 2.00. The van der Waals surface area contributed by atoms with Gasteiger partial charge in [-0.15, -0.1) is 6.42 Å². The maximum absolute atomic E-state index is 11.8. The lowest BCUT2D eigenvalue weighted by atomic mass is 9.96. The van der Waals surface area contributed by atoms with Gasteiger partial charge >= 0.3 is 0 Å². The number of hydrogen-bond donors (Lipinski definition) is 1. The molecule has 0 radical (unpaired) electrons. The van der Waals surface area contributed by atoms with E-state index in [9.17, 15) is 4.79 Å². The van der Waals surface area contributed by atoms with Crippen molar-refractivity contribution in [2.75, 3.05) is 31.9 Å². The molecule has 0 atom stereocenters. The largest absolute Gasteiger partial charge is 0.345 e. The fourth-order valence-corrected chi connectivity index (χ4v) is 3.14. The predicted molar refractivity (Wildman–Crippen MR) is 83.2 cm³/mol. The zero-order valence-corrected chi connectivity index (χ0v) is 13.2. The smallest absolute Gasteiger partial charge is 0.223 e. The molecule has 1 aliphatic rings. The zero-order valence-electron chi connectivity index (χ0n) is 12.4. The lowest BCUT2D eigenvalue weighted by molar-refractivity contribution is -0.126. The van der Waals surface area contributed by atoms with Gasteiger partial charge in [-0.2, -0.15) is 11.8 Å². The summed E-state index contributed by atoms with van der Waals surface area (Å²) < 4.78 is 0.341. The molecule has 0 bridgehead atoms.